The first kappa shape index (κ1) is 12.6. The number of aromatic nitrogens is 3. The van der Waals surface area contributed by atoms with Crippen LogP contribution in [0.3, 0.4) is 0 Å². The molecule has 0 aliphatic rings. The van der Waals surface area contributed by atoms with Crippen LogP contribution in [0.5, 0.6) is 0 Å². The van der Waals surface area contributed by atoms with Gasteiger partial charge in [0.15, 0.2) is 0 Å². The van der Waals surface area contributed by atoms with E-state index in [2.05, 4.69) is 33.5 Å². The van der Waals surface area contributed by atoms with Gasteiger partial charge in [0.1, 0.15) is 0 Å². The molecule has 1 unspecified atom stereocenters. The van der Waals surface area contributed by atoms with Crippen molar-refractivity contribution in [2.75, 3.05) is 6.54 Å². The molecule has 2 aromatic heterocycles. The molecule has 96 valence electrons. The molecular weight excluding hydrogens is 252 g/mol. The van der Waals surface area contributed by atoms with Crippen LogP contribution in [0, 0.1) is 5.92 Å². The molecule has 0 bridgehead atoms. The molecule has 7 heteroatoms. The standard InChI is InChI=1S/C11H14N4O2S/c1-7(5-8-3-2-4-18-8)6-12-10(16)9-13-11(17)15-14-9/h2-4,7H,5-6H2,1H3,(H,12,16)(H2,13,14,15,17). The summed E-state index contributed by atoms with van der Waals surface area (Å²) in [6.45, 7) is 2.61. The lowest BCUT2D eigenvalue weighted by molar-refractivity contribution is 0.0938. The number of amides is 1. The van der Waals surface area contributed by atoms with Gasteiger partial charge < -0.3 is 5.32 Å². The van der Waals surface area contributed by atoms with Gasteiger partial charge in [0.25, 0.3) is 5.91 Å². The summed E-state index contributed by atoms with van der Waals surface area (Å²) >= 11 is 1.71. The van der Waals surface area contributed by atoms with E-state index in [1.165, 1.54) is 4.88 Å². The van der Waals surface area contributed by atoms with Crippen LogP contribution in [0.2, 0.25) is 0 Å². The van der Waals surface area contributed by atoms with Gasteiger partial charge in [-0.3, -0.25) is 9.78 Å². The highest BCUT2D eigenvalue weighted by atomic mass is 32.1. The number of H-pyrrole nitrogens is 2. The van der Waals surface area contributed by atoms with E-state index in [0.29, 0.717) is 12.5 Å². The molecule has 2 heterocycles. The third-order valence-electron chi connectivity index (χ3n) is 2.46. The Kier molecular flexibility index (Phi) is 3.93. The lowest BCUT2D eigenvalue weighted by Gasteiger charge is -2.10. The van der Waals surface area contributed by atoms with Crippen LogP contribution in [0.1, 0.15) is 22.4 Å². The van der Waals surface area contributed by atoms with E-state index in [-0.39, 0.29) is 11.7 Å². The predicted molar refractivity (Wildman–Crippen MR) is 68.7 cm³/mol. The lowest BCUT2D eigenvalue weighted by atomic mass is 10.1. The van der Waals surface area contributed by atoms with Gasteiger partial charge in [-0.2, -0.15) is 0 Å². The quantitative estimate of drug-likeness (QED) is 0.746. The first-order valence-corrected chi connectivity index (χ1v) is 6.48. The fraction of sp³-hybridized carbons (Fsp3) is 0.364. The third kappa shape index (κ3) is 3.30. The molecule has 18 heavy (non-hydrogen) atoms. The van der Waals surface area contributed by atoms with Crippen molar-refractivity contribution in [3.8, 4) is 0 Å². The number of nitrogens with one attached hydrogen (secondary N) is 3. The Hall–Kier alpha value is -1.89. The van der Waals surface area contributed by atoms with Crippen molar-refractivity contribution < 1.29 is 4.79 Å². The van der Waals surface area contributed by atoms with E-state index in [0.717, 1.165) is 6.42 Å². The summed E-state index contributed by atoms with van der Waals surface area (Å²) in [4.78, 5) is 26.0. The molecule has 2 rings (SSSR count). The lowest BCUT2D eigenvalue weighted by Crippen LogP contribution is -2.30. The molecule has 0 spiro atoms. The highest BCUT2D eigenvalue weighted by molar-refractivity contribution is 7.09. The van der Waals surface area contributed by atoms with Crippen LogP contribution in [-0.2, 0) is 6.42 Å². The van der Waals surface area contributed by atoms with Gasteiger partial charge in [0.2, 0.25) is 5.82 Å². The summed E-state index contributed by atoms with van der Waals surface area (Å²) in [5.74, 6) is -0.0204. The number of hydrogen-bond acceptors (Lipinski definition) is 4. The van der Waals surface area contributed by atoms with Crippen molar-refractivity contribution in [1.29, 1.82) is 0 Å². The Morgan fingerprint density at radius 3 is 3.06 bits per heavy atom. The van der Waals surface area contributed by atoms with Crippen molar-refractivity contribution in [2.45, 2.75) is 13.3 Å². The minimum atomic E-state index is -0.480. The second kappa shape index (κ2) is 5.63. The maximum atomic E-state index is 11.6. The van der Waals surface area contributed by atoms with Gasteiger partial charge in [0, 0.05) is 11.4 Å². The molecule has 1 atom stereocenters. The molecule has 3 N–H and O–H groups in total. The highest BCUT2D eigenvalue weighted by Gasteiger charge is 2.11. The third-order valence-corrected chi connectivity index (χ3v) is 3.36. The number of carbonyl (C=O) groups is 1. The van der Waals surface area contributed by atoms with Crippen LogP contribution >= 0.6 is 11.3 Å². The van der Waals surface area contributed by atoms with Gasteiger partial charge in [0.05, 0.1) is 0 Å². The Morgan fingerprint density at radius 1 is 1.61 bits per heavy atom. The molecule has 0 aliphatic carbocycles. The summed E-state index contributed by atoms with van der Waals surface area (Å²) in [6, 6.07) is 4.09. The first-order chi connectivity index (χ1) is 8.65. The molecule has 2 aromatic rings. The van der Waals surface area contributed by atoms with E-state index in [1.807, 2.05) is 11.4 Å². The Balaban J connectivity index is 1.81. The summed E-state index contributed by atoms with van der Waals surface area (Å²) in [5, 5.41) is 10.5. The van der Waals surface area contributed by atoms with E-state index >= 15 is 0 Å². The average Bonchev–Trinajstić information content (AvgIpc) is 2.97. The molecule has 0 fully saturated rings. The van der Waals surface area contributed by atoms with E-state index in [1.54, 1.807) is 11.3 Å². The fourth-order valence-electron chi connectivity index (χ4n) is 1.57. The largest absolute Gasteiger partial charge is 0.349 e. The molecule has 0 aliphatic heterocycles. The predicted octanol–water partition coefficient (Wildman–Crippen LogP) is 0.768. The van der Waals surface area contributed by atoms with Crippen LogP contribution in [0.4, 0.5) is 0 Å². The monoisotopic (exact) mass is 266 g/mol. The van der Waals surface area contributed by atoms with E-state index < -0.39 is 5.69 Å². The molecule has 0 saturated heterocycles. The second-order valence-corrected chi connectivity index (χ2v) is 5.16. The molecule has 0 aromatic carbocycles. The molecular formula is C11H14N4O2S. The van der Waals surface area contributed by atoms with Crippen LogP contribution < -0.4 is 11.0 Å². The normalized spacial score (nSPS) is 12.3. The van der Waals surface area contributed by atoms with Crippen molar-refractivity contribution in [3.05, 3.63) is 38.7 Å². The smallest absolute Gasteiger partial charge is 0.341 e. The number of aromatic amines is 2. The first-order valence-electron chi connectivity index (χ1n) is 5.60. The Bertz CT molecular complexity index is 558. The SMILES string of the molecule is CC(CNC(=O)c1n[nH]c(=O)[nH]1)Cc1cccs1. The summed E-state index contributed by atoms with van der Waals surface area (Å²) in [5.41, 5.74) is -0.480. The second-order valence-electron chi connectivity index (χ2n) is 4.13. The van der Waals surface area contributed by atoms with E-state index in [9.17, 15) is 9.59 Å². The summed E-state index contributed by atoms with van der Waals surface area (Å²) < 4.78 is 0. The average molecular weight is 266 g/mol. The van der Waals surface area contributed by atoms with Gasteiger partial charge in [-0.05, 0) is 23.8 Å². The number of nitrogens with zero attached hydrogens (tertiary/aromatic N) is 1. The van der Waals surface area contributed by atoms with Crippen molar-refractivity contribution >= 4 is 17.2 Å². The van der Waals surface area contributed by atoms with Crippen LogP contribution in [0.15, 0.2) is 22.3 Å². The van der Waals surface area contributed by atoms with Crippen LogP contribution in [0.25, 0.3) is 0 Å². The van der Waals surface area contributed by atoms with Gasteiger partial charge >= 0.3 is 5.69 Å². The molecule has 0 saturated carbocycles. The number of hydrogen-bond donors (Lipinski definition) is 3. The van der Waals surface area contributed by atoms with Gasteiger partial charge in [-0.15, -0.1) is 16.4 Å². The maximum Gasteiger partial charge on any atom is 0.341 e. The van der Waals surface area contributed by atoms with Crippen molar-refractivity contribution in [2.24, 2.45) is 5.92 Å². The number of thiophene rings is 1. The zero-order valence-corrected chi connectivity index (χ0v) is 10.7. The molecule has 0 radical (unpaired) electrons. The topological polar surface area (TPSA) is 90.6 Å². The van der Waals surface area contributed by atoms with Gasteiger partial charge in [-0.25, -0.2) is 9.89 Å². The number of rotatable bonds is 5. The summed E-state index contributed by atoms with van der Waals surface area (Å²) in [7, 11) is 0. The minimum absolute atomic E-state index is 0.0170. The zero-order valence-electron chi connectivity index (χ0n) is 9.90. The maximum absolute atomic E-state index is 11.6. The highest BCUT2D eigenvalue weighted by Crippen LogP contribution is 2.13. The molecule has 6 nitrogen and oxygen atoms in total. The Labute approximate surface area is 107 Å². The zero-order chi connectivity index (χ0) is 13.0. The van der Waals surface area contributed by atoms with Crippen molar-refractivity contribution in [1.82, 2.24) is 20.5 Å². The number of carbonyl (C=O) groups excluding carboxylic acids is 1. The molecule has 1 amide bonds. The van der Waals surface area contributed by atoms with Crippen molar-refractivity contribution in [3.63, 3.8) is 0 Å². The Morgan fingerprint density at radius 2 is 2.44 bits per heavy atom. The van der Waals surface area contributed by atoms with Gasteiger partial charge in [-0.1, -0.05) is 13.0 Å². The summed E-state index contributed by atoms with van der Waals surface area (Å²) in [6.07, 6.45) is 0.926. The van der Waals surface area contributed by atoms with E-state index in [4.69, 9.17) is 0 Å². The minimum Gasteiger partial charge on any atom is -0.349 e. The fourth-order valence-corrected chi connectivity index (χ4v) is 2.44. The van der Waals surface area contributed by atoms with Crippen LogP contribution in [-0.4, -0.2) is 27.6 Å².